The number of oxime groups is 1. The first kappa shape index (κ1) is 15.0. The maximum Gasteiger partial charge on any atom is 0.471 e. The summed E-state index contributed by atoms with van der Waals surface area (Å²) >= 11 is 0. The van der Waals surface area contributed by atoms with E-state index < -0.39 is 12.1 Å². The van der Waals surface area contributed by atoms with Gasteiger partial charge in [0, 0.05) is 11.8 Å². The second-order valence-electron chi connectivity index (χ2n) is 4.13. The smallest absolute Gasteiger partial charge is 0.399 e. The van der Waals surface area contributed by atoms with Gasteiger partial charge in [0.2, 0.25) is 5.82 Å². The monoisotopic (exact) mass is 299 g/mol. The van der Waals surface area contributed by atoms with E-state index in [4.69, 9.17) is 0 Å². The summed E-state index contributed by atoms with van der Waals surface area (Å²) < 4.78 is 41.3. The van der Waals surface area contributed by atoms with Gasteiger partial charge in [-0.2, -0.15) is 18.2 Å². The van der Waals surface area contributed by atoms with Crippen LogP contribution in [-0.2, 0) is 17.4 Å². The summed E-state index contributed by atoms with van der Waals surface area (Å²) in [6, 6.07) is 6.88. The Labute approximate surface area is 118 Å². The first-order chi connectivity index (χ1) is 10.0. The van der Waals surface area contributed by atoms with E-state index in [1.807, 2.05) is 0 Å². The number of aryl methyl sites for hydroxylation is 1. The molecule has 2 aromatic rings. The predicted octanol–water partition coefficient (Wildman–Crippen LogP) is 3.32. The molecule has 0 bridgehead atoms. The zero-order chi connectivity index (χ0) is 15.3. The molecule has 0 amide bonds. The quantitative estimate of drug-likeness (QED) is 0.627. The Balaban J connectivity index is 2.05. The van der Waals surface area contributed by atoms with Crippen LogP contribution in [0.1, 0.15) is 17.9 Å². The minimum absolute atomic E-state index is 0.0881. The summed E-state index contributed by atoms with van der Waals surface area (Å²) in [5.74, 6) is -1.44. The number of nitrogens with zero attached hydrogens (tertiary/aromatic N) is 3. The van der Waals surface area contributed by atoms with Crippen molar-refractivity contribution in [2.45, 2.75) is 19.0 Å². The molecular weight excluding hydrogens is 287 g/mol. The van der Waals surface area contributed by atoms with Gasteiger partial charge in [-0.15, -0.1) is 0 Å². The number of rotatable bonds is 5. The first-order valence-electron chi connectivity index (χ1n) is 6.06. The molecule has 0 saturated carbocycles. The van der Waals surface area contributed by atoms with Crippen molar-refractivity contribution in [2.75, 3.05) is 7.11 Å². The first-order valence-corrected chi connectivity index (χ1v) is 6.06. The summed E-state index contributed by atoms with van der Waals surface area (Å²) in [5.41, 5.74) is 1.48. The largest absolute Gasteiger partial charge is 0.471 e. The maximum atomic E-state index is 12.4. The van der Waals surface area contributed by atoms with Gasteiger partial charge in [0.05, 0.1) is 0 Å². The Hall–Kier alpha value is -2.38. The van der Waals surface area contributed by atoms with Crippen molar-refractivity contribution in [2.24, 2.45) is 5.16 Å². The molecule has 0 unspecified atom stereocenters. The highest BCUT2D eigenvalue weighted by atomic mass is 19.4. The standard InChI is InChI=1S/C13H12F3N3O2/c1-20-17-8-2-3-9-4-6-10(7-5-9)11-18-12(21-19-11)13(14,15)16/h4-8H,2-3H2,1H3/b17-8+. The molecule has 0 aliphatic carbocycles. The number of alkyl halides is 3. The number of hydrogen-bond donors (Lipinski definition) is 0. The second kappa shape index (κ2) is 6.38. The average Bonchev–Trinajstić information content (AvgIpc) is 2.94. The van der Waals surface area contributed by atoms with Crippen LogP contribution in [0.3, 0.4) is 0 Å². The van der Waals surface area contributed by atoms with Crippen LogP contribution in [0.2, 0.25) is 0 Å². The van der Waals surface area contributed by atoms with Gasteiger partial charge >= 0.3 is 12.1 Å². The molecule has 0 aliphatic rings. The van der Waals surface area contributed by atoms with Gasteiger partial charge in [0.15, 0.2) is 0 Å². The van der Waals surface area contributed by atoms with Crippen LogP contribution >= 0.6 is 0 Å². The Morgan fingerprint density at radius 2 is 2.00 bits per heavy atom. The van der Waals surface area contributed by atoms with E-state index in [0.717, 1.165) is 12.0 Å². The summed E-state index contributed by atoms with van der Waals surface area (Å²) in [6.45, 7) is 0. The third kappa shape index (κ3) is 4.04. The topological polar surface area (TPSA) is 60.5 Å². The van der Waals surface area contributed by atoms with Gasteiger partial charge in [-0.3, -0.25) is 0 Å². The Morgan fingerprint density at radius 1 is 1.29 bits per heavy atom. The lowest BCUT2D eigenvalue weighted by Crippen LogP contribution is -2.04. The number of benzene rings is 1. The molecule has 0 N–H and O–H groups in total. The normalized spacial score (nSPS) is 12.0. The molecule has 112 valence electrons. The highest BCUT2D eigenvalue weighted by Gasteiger charge is 2.38. The van der Waals surface area contributed by atoms with Gasteiger partial charge in [-0.05, 0) is 18.4 Å². The van der Waals surface area contributed by atoms with Crippen molar-refractivity contribution >= 4 is 6.21 Å². The Bertz CT molecular complexity index is 606. The van der Waals surface area contributed by atoms with Crippen molar-refractivity contribution in [3.63, 3.8) is 0 Å². The van der Waals surface area contributed by atoms with Crippen LogP contribution in [0.4, 0.5) is 13.2 Å². The van der Waals surface area contributed by atoms with Crippen molar-refractivity contribution in [3.8, 4) is 11.4 Å². The number of aromatic nitrogens is 2. The molecular formula is C13H12F3N3O2. The van der Waals surface area contributed by atoms with E-state index in [-0.39, 0.29) is 5.82 Å². The van der Waals surface area contributed by atoms with Crippen LogP contribution in [0.15, 0.2) is 33.9 Å². The summed E-state index contributed by atoms with van der Waals surface area (Å²) in [6.07, 6.45) is -1.55. The molecule has 0 atom stereocenters. The summed E-state index contributed by atoms with van der Waals surface area (Å²) in [5, 5.41) is 6.94. The zero-order valence-corrected chi connectivity index (χ0v) is 11.1. The van der Waals surface area contributed by atoms with Crippen LogP contribution in [0, 0.1) is 0 Å². The lowest BCUT2D eigenvalue weighted by molar-refractivity contribution is -0.159. The van der Waals surface area contributed by atoms with Crippen LogP contribution < -0.4 is 0 Å². The summed E-state index contributed by atoms with van der Waals surface area (Å²) in [7, 11) is 1.46. The highest BCUT2D eigenvalue weighted by Crippen LogP contribution is 2.29. The van der Waals surface area contributed by atoms with E-state index in [0.29, 0.717) is 12.0 Å². The van der Waals surface area contributed by atoms with Gasteiger partial charge in [-0.1, -0.05) is 34.6 Å². The fraction of sp³-hybridized carbons (Fsp3) is 0.308. The molecule has 1 aromatic heterocycles. The van der Waals surface area contributed by atoms with Crippen molar-refractivity contribution < 1.29 is 22.5 Å². The molecule has 0 aliphatic heterocycles. The number of hydrogen-bond acceptors (Lipinski definition) is 5. The molecule has 1 heterocycles. The fourth-order valence-corrected chi connectivity index (χ4v) is 1.63. The van der Waals surface area contributed by atoms with E-state index in [9.17, 15) is 13.2 Å². The minimum atomic E-state index is -4.63. The van der Waals surface area contributed by atoms with Crippen LogP contribution in [0.25, 0.3) is 11.4 Å². The SMILES string of the molecule is CO/N=C/CCc1ccc(-c2noc(C(F)(F)F)n2)cc1. The molecule has 5 nitrogen and oxygen atoms in total. The molecule has 2 rings (SSSR count). The van der Waals surface area contributed by atoms with Crippen molar-refractivity contribution in [1.29, 1.82) is 0 Å². The van der Waals surface area contributed by atoms with Crippen LogP contribution in [0.5, 0.6) is 0 Å². The van der Waals surface area contributed by atoms with Crippen molar-refractivity contribution in [3.05, 3.63) is 35.7 Å². The summed E-state index contributed by atoms with van der Waals surface area (Å²) in [4.78, 5) is 7.86. The Kier molecular flexibility index (Phi) is 4.56. The van der Waals surface area contributed by atoms with Gasteiger partial charge in [0.1, 0.15) is 7.11 Å². The Morgan fingerprint density at radius 3 is 2.57 bits per heavy atom. The van der Waals surface area contributed by atoms with Gasteiger partial charge in [0.25, 0.3) is 0 Å². The predicted molar refractivity (Wildman–Crippen MR) is 68.6 cm³/mol. The lowest BCUT2D eigenvalue weighted by Gasteiger charge is -1.99. The molecule has 0 radical (unpaired) electrons. The van der Waals surface area contributed by atoms with E-state index in [1.54, 1.807) is 30.5 Å². The lowest BCUT2D eigenvalue weighted by atomic mass is 10.1. The fourth-order valence-electron chi connectivity index (χ4n) is 1.63. The van der Waals surface area contributed by atoms with Crippen LogP contribution in [-0.4, -0.2) is 23.5 Å². The molecule has 0 spiro atoms. The van der Waals surface area contributed by atoms with Gasteiger partial charge < -0.3 is 9.36 Å². The highest BCUT2D eigenvalue weighted by molar-refractivity contribution is 5.58. The van der Waals surface area contributed by atoms with E-state index in [2.05, 4.69) is 24.7 Å². The molecule has 1 aromatic carbocycles. The van der Waals surface area contributed by atoms with Gasteiger partial charge in [-0.25, -0.2) is 0 Å². The molecule has 21 heavy (non-hydrogen) atoms. The third-order valence-electron chi connectivity index (χ3n) is 2.62. The minimum Gasteiger partial charge on any atom is -0.399 e. The van der Waals surface area contributed by atoms with Crippen molar-refractivity contribution in [1.82, 2.24) is 10.1 Å². The van der Waals surface area contributed by atoms with E-state index >= 15 is 0 Å². The third-order valence-corrected chi connectivity index (χ3v) is 2.62. The molecule has 0 saturated heterocycles. The maximum absolute atomic E-state index is 12.4. The number of halogens is 3. The molecule has 0 fully saturated rings. The molecule has 8 heteroatoms. The zero-order valence-electron chi connectivity index (χ0n) is 11.1. The van der Waals surface area contributed by atoms with E-state index in [1.165, 1.54) is 7.11 Å². The average molecular weight is 299 g/mol. The second-order valence-corrected chi connectivity index (χ2v) is 4.13.